The zero-order chi connectivity index (χ0) is 15.5. The van der Waals surface area contributed by atoms with Crippen molar-refractivity contribution >= 4 is 17.5 Å². The lowest BCUT2D eigenvalue weighted by atomic mass is 10.1. The highest BCUT2D eigenvalue weighted by Gasteiger charge is 2.28. The molecule has 1 aromatic carbocycles. The summed E-state index contributed by atoms with van der Waals surface area (Å²) >= 11 is 5.85. The lowest BCUT2D eigenvalue weighted by Gasteiger charge is -2.31. The maximum Gasteiger partial charge on any atom is 0.227 e. The third kappa shape index (κ3) is 3.45. The number of aromatic nitrogens is 2. The van der Waals surface area contributed by atoms with Crippen LogP contribution < -0.4 is 0 Å². The standard InChI is InChI=1S/C15H16ClN3O3/c1-10-17-15(18-22-10)13-9-19(6-7-21-13)14(20)8-11-2-4-12(16)5-3-11/h2-5,13H,6-9H2,1H3/t13-/m1/s1. The number of hydrogen-bond donors (Lipinski definition) is 0. The topological polar surface area (TPSA) is 68.5 Å². The molecule has 1 aliphatic heterocycles. The first-order chi connectivity index (χ1) is 10.6. The molecule has 0 saturated carbocycles. The lowest BCUT2D eigenvalue weighted by molar-refractivity contribution is -0.138. The van der Waals surface area contributed by atoms with Crippen LogP contribution in [0.3, 0.4) is 0 Å². The molecule has 2 heterocycles. The number of nitrogens with zero attached hydrogens (tertiary/aromatic N) is 3. The quantitative estimate of drug-likeness (QED) is 0.866. The normalized spacial score (nSPS) is 18.5. The lowest BCUT2D eigenvalue weighted by Crippen LogP contribution is -2.43. The van der Waals surface area contributed by atoms with E-state index in [1.807, 2.05) is 12.1 Å². The molecule has 0 aliphatic carbocycles. The summed E-state index contributed by atoms with van der Waals surface area (Å²) < 4.78 is 10.6. The van der Waals surface area contributed by atoms with E-state index in [-0.39, 0.29) is 12.0 Å². The van der Waals surface area contributed by atoms with Gasteiger partial charge in [-0.3, -0.25) is 4.79 Å². The molecule has 1 aromatic heterocycles. The summed E-state index contributed by atoms with van der Waals surface area (Å²) in [4.78, 5) is 18.3. The van der Waals surface area contributed by atoms with E-state index in [4.69, 9.17) is 20.9 Å². The summed E-state index contributed by atoms with van der Waals surface area (Å²) in [7, 11) is 0. The van der Waals surface area contributed by atoms with Crippen molar-refractivity contribution in [3.63, 3.8) is 0 Å². The molecule has 22 heavy (non-hydrogen) atoms. The molecule has 0 bridgehead atoms. The van der Waals surface area contributed by atoms with Crippen LogP contribution in [-0.4, -0.2) is 40.6 Å². The van der Waals surface area contributed by atoms with Gasteiger partial charge in [0.1, 0.15) is 6.10 Å². The number of carbonyl (C=O) groups excluding carboxylic acids is 1. The zero-order valence-electron chi connectivity index (χ0n) is 12.2. The fraction of sp³-hybridized carbons (Fsp3) is 0.400. The summed E-state index contributed by atoms with van der Waals surface area (Å²) in [5.74, 6) is 1.03. The van der Waals surface area contributed by atoms with Crippen LogP contribution in [0.2, 0.25) is 5.02 Å². The molecule has 1 amide bonds. The van der Waals surface area contributed by atoms with Gasteiger partial charge in [0.2, 0.25) is 17.6 Å². The van der Waals surface area contributed by atoms with E-state index >= 15 is 0 Å². The fourth-order valence-corrected chi connectivity index (χ4v) is 2.49. The molecule has 0 spiro atoms. The van der Waals surface area contributed by atoms with Crippen molar-refractivity contribution in [3.8, 4) is 0 Å². The van der Waals surface area contributed by atoms with Crippen molar-refractivity contribution in [1.29, 1.82) is 0 Å². The Morgan fingerprint density at radius 2 is 2.18 bits per heavy atom. The van der Waals surface area contributed by atoms with Gasteiger partial charge in [0.05, 0.1) is 19.6 Å². The molecule has 6 nitrogen and oxygen atoms in total. The number of ether oxygens (including phenoxy) is 1. The van der Waals surface area contributed by atoms with Crippen LogP contribution in [0.25, 0.3) is 0 Å². The Hall–Kier alpha value is -1.92. The van der Waals surface area contributed by atoms with Crippen LogP contribution in [0.5, 0.6) is 0 Å². The van der Waals surface area contributed by atoms with Gasteiger partial charge in [0.15, 0.2) is 0 Å². The summed E-state index contributed by atoms with van der Waals surface area (Å²) in [6.45, 7) is 3.19. The SMILES string of the molecule is Cc1nc([C@H]2CN(C(=O)Cc3ccc(Cl)cc3)CCO2)no1. The number of amides is 1. The molecular weight excluding hydrogens is 306 g/mol. The first-order valence-corrected chi connectivity index (χ1v) is 7.43. The van der Waals surface area contributed by atoms with Gasteiger partial charge in [-0.15, -0.1) is 0 Å². The average Bonchev–Trinajstić information content (AvgIpc) is 2.96. The molecular formula is C15H16ClN3O3. The third-order valence-corrected chi connectivity index (χ3v) is 3.77. The van der Waals surface area contributed by atoms with Crippen molar-refractivity contribution in [2.45, 2.75) is 19.4 Å². The molecule has 1 fully saturated rings. The Bertz CT molecular complexity index is 656. The van der Waals surface area contributed by atoms with Crippen molar-refractivity contribution in [3.05, 3.63) is 46.6 Å². The number of hydrogen-bond acceptors (Lipinski definition) is 5. The first-order valence-electron chi connectivity index (χ1n) is 7.06. The molecule has 2 aromatic rings. The minimum absolute atomic E-state index is 0.0517. The van der Waals surface area contributed by atoms with Crippen LogP contribution in [-0.2, 0) is 16.0 Å². The Morgan fingerprint density at radius 1 is 1.41 bits per heavy atom. The van der Waals surface area contributed by atoms with Crippen molar-refractivity contribution in [2.24, 2.45) is 0 Å². The van der Waals surface area contributed by atoms with Crippen molar-refractivity contribution in [2.75, 3.05) is 19.7 Å². The molecule has 116 valence electrons. The molecule has 1 aliphatic rings. The highest BCUT2D eigenvalue weighted by atomic mass is 35.5. The van der Waals surface area contributed by atoms with Crippen LogP contribution in [0.15, 0.2) is 28.8 Å². The molecule has 3 rings (SSSR count). The van der Waals surface area contributed by atoms with Gasteiger partial charge in [0.25, 0.3) is 0 Å². The van der Waals surface area contributed by atoms with Crippen LogP contribution in [0.1, 0.15) is 23.4 Å². The summed E-state index contributed by atoms with van der Waals surface area (Å²) in [5, 5.41) is 4.53. The highest BCUT2D eigenvalue weighted by Crippen LogP contribution is 2.20. The third-order valence-electron chi connectivity index (χ3n) is 3.52. The van der Waals surface area contributed by atoms with Crippen molar-refractivity contribution in [1.82, 2.24) is 15.0 Å². The highest BCUT2D eigenvalue weighted by molar-refractivity contribution is 6.30. The Morgan fingerprint density at radius 3 is 2.86 bits per heavy atom. The van der Waals surface area contributed by atoms with Gasteiger partial charge in [0, 0.05) is 18.5 Å². The van der Waals surface area contributed by atoms with Crippen LogP contribution >= 0.6 is 11.6 Å². The predicted molar refractivity (Wildman–Crippen MR) is 79.5 cm³/mol. The van der Waals surface area contributed by atoms with E-state index in [9.17, 15) is 4.79 Å². The largest absolute Gasteiger partial charge is 0.366 e. The zero-order valence-corrected chi connectivity index (χ0v) is 12.9. The maximum absolute atomic E-state index is 12.4. The second-order valence-corrected chi connectivity index (χ2v) is 5.61. The van der Waals surface area contributed by atoms with Gasteiger partial charge in [-0.25, -0.2) is 0 Å². The molecule has 1 saturated heterocycles. The van der Waals surface area contributed by atoms with E-state index < -0.39 is 0 Å². The average molecular weight is 322 g/mol. The van der Waals surface area contributed by atoms with Gasteiger partial charge < -0.3 is 14.2 Å². The molecule has 0 radical (unpaired) electrons. The Labute approximate surface area is 133 Å². The van der Waals surface area contributed by atoms with Gasteiger partial charge >= 0.3 is 0 Å². The number of morpholine rings is 1. The second kappa shape index (κ2) is 6.46. The predicted octanol–water partition coefficient (Wildman–Crippen LogP) is 2.17. The Balaban J connectivity index is 1.63. The molecule has 0 unspecified atom stereocenters. The summed E-state index contributed by atoms with van der Waals surface area (Å²) in [5.41, 5.74) is 0.938. The van der Waals surface area contributed by atoms with Crippen LogP contribution in [0, 0.1) is 6.92 Å². The Kier molecular flexibility index (Phi) is 4.40. The van der Waals surface area contributed by atoms with Crippen LogP contribution in [0.4, 0.5) is 0 Å². The smallest absolute Gasteiger partial charge is 0.227 e. The summed E-state index contributed by atoms with van der Waals surface area (Å²) in [6.07, 6.45) is 0.00943. The van der Waals surface area contributed by atoms with E-state index in [0.29, 0.717) is 42.9 Å². The molecule has 7 heteroatoms. The molecule has 1 atom stereocenters. The number of rotatable bonds is 3. The fourth-order valence-electron chi connectivity index (χ4n) is 2.37. The number of benzene rings is 1. The number of carbonyl (C=O) groups is 1. The minimum atomic E-state index is -0.333. The molecule has 0 N–H and O–H groups in total. The van der Waals surface area contributed by atoms with E-state index in [1.54, 1.807) is 24.0 Å². The first kappa shape index (κ1) is 15.0. The second-order valence-electron chi connectivity index (χ2n) is 5.17. The monoisotopic (exact) mass is 321 g/mol. The van der Waals surface area contributed by atoms with E-state index in [1.165, 1.54) is 0 Å². The van der Waals surface area contributed by atoms with Gasteiger partial charge in [-0.2, -0.15) is 4.98 Å². The minimum Gasteiger partial charge on any atom is -0.366 e. The number of halogens is 1. The van der Waals surface area contributed by atoms with Gasteiger partial charge in [-0.05, 0) is 17.7 Å². The summed E-state index contributed by atoms with van der Waals surface area (Å²) in [6, 6.07) is 7.30. The van der Waals surface area contributed by atoms with Gasteiger partial charge in [-0.1, -0.05) is 28.9 Å². The van der Waals surface area contributed by atoms with E-state index in [0.717, 1.165) is 5.56 Å². The van der Waals surface area contributed by atoms with Crippen molar-refractivity contribution < 1.29 is 14.1 Å². The number of aryl methyl sites for hydroxylation is 1. The van der Waals surface area contributed by atoms with E-state index in [2.05, 4.69) is 10.1 Å². The maximum atomic E-state index is 12.4.